The van der Waals surface area contributed by atoms with E-state index < -0.39 is 0 Å². The lowest BCUT2D eigenvalue weighted by Gasteiger charge is -2.31. The molecule has 7 nitrogen and oxygen atoms in total. The van der Waals surface area contributed by atoms with Crippen LogP contribution in [0.2, 0.25) is 0 Å². The fraction of sp³-hybridized carbons (Fsp3) is 0.444. The van der Waals surface area contributed by atoms with Crippen molar-refractivity contribution in [2.45, 2.75) is 26.3 Å². The topological polar surface area (TPSA) is 84.3 Å². The molecule has 2 heterocycles. The number of aryl methyl sites for hydroxylation is 1. The number of carbonyl (C=O) groups is 2. The molecule has 1 aliphatic heterocycles. The van der Waals surface area contributed by atoms with Crippen molar-refractivity contribution in [3.8, 4) is 0 Å². The van der Waals surface area contributed by atoms with E-state index in [1.165, 1.54) is 4.68 Å². The maximum atomic E-state index is 12.6. The number of piperidine rings is 1. The molecule has 0 unspecified atom stereocenters. The largest absolute Gasteiger partial charge is 0.359 e. The Morgan fingerprint density at radius 1 is 1.20 bits per heavy atom. The number of amides is 2. The van der Waals surface area contributed by atoms with Gasteiger partial charge in [0.15, 0.2) is 0 Å². The van der Waals surface area contributed by atoms with E-state index in [4.69, 9.17) is 0 Å². The van der Waals surface area contributed by atoms with Crippen molar-refractivity contribution in [1.82, 2.24) is 20.0 Å². The number of carbonyl (C=O) groups excluding carboxylic acids is 2. The summed E-state index contributed by atoms with van der Waals surface area (Å²) in [6.07, 6.45) is 1.29. The molecule has 0 radical (unpaired) electrons. The van der Waals surface area contributed by atoms with Crippen LogP contribution in [-0.2, 0) is 16.1 Å². The summed E-state index contributed by atoms with van der Waals surface area (Å²) in [7, 11) is 1.63. The van der Waals surface area contributed by atoms with Crippen molar-refractivity contribution in [2.24, 2.45) is 5.92 Å². The van der Waals surface area contributed by atoms with Gasteiger partial charge in [-0.3, -0.25) is 14.4 Å². The molecular weight excluding hydrogens is 320 g/mol. The van der Waals surface area contributed by atoms with Gasteiger partial charge in [-0.05, 0) is 25.8 Å². The summed E-state index contributed by atoms with van der Waals surface area (Å²) < 4.78 is 1.24. The van der Waals surface area contributed by atoms with E-state index in [1.807, 2.05) is 19.1 Å². The second-order valence-electron chi connectivity index (χ2n) is 6.36. The van der Waals surface area contributed by atoms with Crippen LogP contribution in [0.3, 0.4) is 0 Å². The molecule has 0 spiro atoms. The lowest BCUT2D eigenvalue weighted by Crippen LogP contribution is -2.44. The normalized spacial score (nSPS) is 15.4. The summed E-state index contributed by atoms with van der Waals surface area (Å²) >= 11 is 0. The van der Waals surface area contributed by atoms with Crippen LogP contribution in [-0.4, -0.2) is 46.6 Å². The van der Waals surface area contributed by atoms with E-state index in [-0.39, 0.29) is 29.8 Å². The summed E-state index contributed by atoms with van der Waals surface area (Å²) in [5, 5.41) is 8.31. The molecule has 0 aliphatic carbocycles. The fourth-order valence-corrected chi connectivity index (χ4v) is 3.33. The summed E-state index contributed by atoms with van der Waals surface area (Å²) in [6.45, 7) is 2.81. The first-order valence-corrected chi connectivity index (χ1v) is 8.47. The highest BCUT2D eigenvalue weighted by Crippen LogP contribution is 2.18. The quantitative estimate of drug-likeness (QED) is 0.889. The Balaban J connectivity index is 1.74. The zero-order chi connectivity index (χ0) is 18.0. The van der Waals surface area contributed by atoms with Crippen LogP contribution >= 0.6 is 0 Å². The number of fused-ring (bicyclic) bond motifs is 1. The number of hydrogen-bond donors (Lipinski definition) is 1. The first-order valence-electron chi connectivity index (χ1n) is 8.47. The standard InChI is InChI=1S/C18H22N4O3/c1-12-14-5-3-4-6-15(14)18(25)22(20-12)11-16(23)21-9-7-13(8-10-21)17(24)19-2/h3-6,13H,7-11H2,1-2H3,(H,19,24). The lowest BCUT2D eigenvalue weighted by atomic mass is 9.96. The molecule has 25 heavy (non-hydrogen) atoms. The molecule has 2 amide bonds. The molecule has 7 heteroatoms. The molecule has 0 saturated carbocycles. The van der Waals surface area contributed by atoms with Crippen molar-refractivity contribution >= 4 is 22.6 Å². The highest BCUT2D eigenvalue weighted by molar-refractivity contribution is 5.84. The van der Waals surface area contributed by atoms with E-state index in [0.29, 0.717) is 31.3 Å². The minimum absolute atomic E-state index is 0.0233. The molecular formula is C18H22N4O3. The van der Waals surface area contributed by atoms with E-state index in [0.717, 1.165) is 11.1 Å². The van der Waals surface area contributed by atoms with Gasteiger partial charge >= 0.3 is 0 Å². The number of rotatable bonds is 3. The second-order valence-corrected chi connectivity index (χ2v) is 6.36. The number of nitrogens with one attached hydrogen (secondary N) is 1. The van der Waals surface area contributed by atoms with Gasteiger partial charge in [0.1, 0.15) is 6.54 Å². The van der Waals surface area contributed by atoms with Crippen LogP contribution in [0.1, 0.15) is 18.5 Å². The molecule has 1 fully saturated rings. The number of likely N-dealkylation sites (tertiary alicyclic amines) is 1. The Morgan fingerprint density at radius 2 is 1.84 bits per heavy atom. The predicted molar refractivity (Wildman–Crippen MR) is 94.1 cm³/mol. The average molecular weight is 342 g/mol. The van der Waals surface area contributed by atoms with Crippen molar-refractivity contribution in [3.05, 3.63) is 40.3 Å². The Hall–Kier alpha value is -2.70. The molecule has 2 aromatic rings. The number of hydrogen-bond acceptors (Lipinski definition) is 4. The second kappa shape index (κ2) is 7.04. The molecule has 1 N–H and O–H groups in total. The number of nitrogens with zero attached hydrogens (tertiary/aromatic N) is 3. The average Bonchev–Trinajstić information content (AvgIpc) is 2.65. The van der Waals surface area contributed by atoms with Crippen LogP contribution in [0.4, 0.5) is 0 Å². The smallest absolute Gasteiger partial charge is 0.275 e. The van der Waals surface area contributed by atoms with Crippen molar-refractivity contribution in [3.63, 3.8) is 0 Å². The third-order valence-electron chi connectivity index (χ3n) is 4.80. The number of benzene rings is 1. The van der Waals surface area contributed by atoms with Crippen LogP contribution in [0.15, 0.2) is 29.1 Å². The van der Waals surface area contributed by atoms with E-state index >= 15 is 0 Å². The van der Waals surface area contributed by atoms with E-state index in [2.05, 4.69) is 10.4 Å². The fourth-order valence-electron chi connectivity index (χ4n) is 3.33. The summed E-state index contributed by atoms with van der Waals surface area (Å²) in [4.78, 5) is 38.5. The van der Waals surface area contributed by atoms with Gasteiger partial charge < -0.3 is 10.2 Å². The number of aromatic nitrogens is 2. The van der Waals surface area contributed by atoms with Crippen LogP contribution in [0.5, 0.6) is 0 Å². The van der Waals surface area contributed by atoms with Gasteiger partial charge in [-0.2, -0.15) is 5.10 Å². The molecule has 132 valence electrons. The van der Waals surface area contributed by atoms with Crippen molar-refractivity contribution in [1.29, 1.82) is 0 Å². The van der Waals surface area contributed by atoms with Gasteiger partial charge in [0.2, 0.25) is 11.8 Å². The molecule has 1 aliphatic rings. The van der Waals surface area contributed by atoms with Crippen LogP contribution in [0.25, 0.3) is 10.8 Å². The molecule has 1 aromatic heterocycles. The van der Waals surface area contributed by atoms with Gasteiger partial charge in [-0.15, -0.1) is 0 Å². The third kappa shape index (κ3) is 3.40. The van der Waals surface area contributed by atoms with Gasteiger partial charge in [-0.1, -0.05) is 18.2 Å². The maximum Gasteiger partial charge on any atom is 0.275 e. The Bertz CT molecular complexity index is 866. The van der Waals surface area contributed by atoms with Crippen molar-refractivity contribution < 1.29 is 9.59 Å². The van der Waals surface area contributed by atoms with E-state index in [1.54, 1.807) is 24.1 Å². The zero-order valence-corrected chi connectivity index (χ0v) is 14.5. The minimum Gasteiger partial charge on any atom is -0.359 e. The Morgan fingerprint density at radius 3 is 2.48 bits per heavy atom. The lowest BCUT2D eigenvalue weighted by molar-refractivity contribution is -0.136. The monoisotopic (exact) mass is 342 g/mol. The highest BCUT2D eigenvalue weighted by atomic mass is 16.2. The van der Waals surface area contributed by atoms with Gasteiger partial charge in [0.05, 0.1) is 11.1 Å². The molecule has 0 bridgehead atoms. The minimum atomic E-state index is -0.255. The molecule has 1 aromatic carbocycles. The Labute approximate surface area is 145 Å². The maximum absolute atomic E-state index is 12.6. The third-order valence-corrected chi connectivity index (χ3v) is 4.80. The van der Waals surface area contributed by atoms with Gasteiger partial charge in [-0.25, -0.2) is 4.68 Å². The van der Waals surface area contributed by atoms with E-state index in [9.17, 15) is 14.4 Å². The van der Waals surface area contributed by atoms with Crippen molar-refractivity contribution in [2.75, 3.05) is 20.1 Å². The van der Waals surface area contributed by atoms with Gasteiger partial charge in [0.25, 0.3) is 5.56 Å². The van der Waals surface area contributed by atoms with Gasteiger partial charge in [0, 0.05) is 31.4 Å². The summed E-state index contributed by atoms with van der Waals surface area (Å²) in [5.41, 5.74) is 0.469. The predicted octanol–water partition coefficient (Wildman–Crippen LogP) is 0.690. The summed E-state index contributed by atoms with van der Waals surface area (Å²) in [6, 6.07) is 7.28. The Kier molecular flexibility index (Phi) is 4.83. The molecule has 1 saturated heterocycles. The SMILES string of the molecule is CNC(=O)C1CCN(C(=O)Cn2nc(C)c3ccccc3c2=O)CC1. The molecule has 3 rings (SSSR count). The van der Waals surface area contributed by atoms with Crippen LogP contribution in [0, 0.1) is 12.8 Å². The first-order chi connectivity index (χ1) is 12.0. The summed E-state index contributed by atoms with van der Waals surface area (Å²) in [5.74, 6) is -0.160. The molecule has 0 atom stereocenters. The highest BCUT2D eigenvalue weighted by Gasteiger charge is 2.27. The zero-order valence-electron chi connectivity index (χ0n) is 14.5. The van der Waals surface area contributed by atoms with Crippen LogP contribution < -0.4 is 10.9 Å². The first kappa shape index (κ1) is 17.1.